The van der Waals surface area contributed by atoms with E-state index in [1.54, 1.807) is 36.6 Å². The molecule has 1 saturated heterocycles. The first-order chi connectivity index (χ1) is 11.2. The molecule has 1 aliphatic heterocycles. The summed E-state index contributed by atoms with van der Waals surface area (Å²) in [6.07, 6.45) is 6.56. The van der Waals surface area contributed by atoms with Crippen LogP contribution in [0.3, 0.4) is 0 Å². The van der Waals surface area contributed by atoms with Crippen LogP contribution in [0, 0.1) is 5.82 Å². The first kappa shape index (κ1) is 15.3. The van der Waals surface area contributed by atoms with Crippen LogP contribution in [0.25, 0.3) is 6.08 Å². The third-order valence-corrected chi connectivity index (χ3v) is 3.96. The molecule has 2 aromatic rings. The number of nitrogens with one attached hydrogen (secondary N) is 1. The number of amides is 1. The zero-order valence-electron chi connectivity index (χ0n) is 12.7. The molecule has 0 saturated carbocycles. The van der Waals surface area contributed by atoms with E-state index in [1.165, 1.54) is 12.1 Å². The molecule has 0 bridgehead atoms. The number of piperidine rings is 1. The minimum atomic E-state index is -0.237. The second kappa shape index (κ2) is 7.13. The summed E-state index contributed by atoms with van der Waals surface area (Å²) in [6.45, 7) is 1.42. The van der Waals surface area contributed by atoms with E-state index in [1.807, 2.05) is 11.0 Å². The zero-order chi connectivity index (χ0) is 16.1. The Kier molecular flexibility index (Phi) is 4.76. The van der Waals surface area contributed by atoms with Crippen LogP contribution in [0.1, 0.15) is 18.6 Å². The molecule has 1 aliphatic rings. The van der Waals surface area contributed by atoms with Gasteiger partial charge in [0.15, 0.2) is 0 Å². The van der Waals surface area contributed by atoms with Gasteiger partial charge in [0.25, 0.3) is 0 Å². The van der Waals surface area contributed by atoms with E-state index in [2.05, 4.69) is 5.32 Å². The van der Waals surface area contributed by atoms with E-state index < -0.39 is 0 Å². The van der Waals surface area contributed by atoms with Gasteiger partial charge >= 0.3 is 0 Å². The van der Waals surface area contributed by atoms with Crippen molar-refractivity contribution in [3.8, 4) is 0 Å². The Bertz CT molecular complexity index is 657. The van der Waals surface area contributed by atoms with Crippen molar-refractivity contribution in [1.82, 2.24) is 4.90 Å². The lowest BCUT2D eigenvalue weighted by Crippen LogP contribution is -2.41. The topological polar surface area (TPSA) is 45.5 Å². The number of furan rings is 1. The quantitative estimate of drug-likeness (QED) is 0.878. The van der Waals surface area contributed by atoms with Gasteiger partial charge < -0.3 is 14.6 Å². The molecule has 4 nitrogen and oxygen atoms in total. The minimum absolute atomic E-state index is 0.00151. The van der Waals surface area contributed by atoms with Gasteiger partial charge in [-0.05, 0) is 55.3 Å². The molecule has 23 heavy (non-hydrogen) atoms. The van der Waals surface area contributed by atoms with Gasteiger partial charge in [-0.2, -0.15) is 0 Å². The SMILES string of the molecule is O=C(/C=C\c1ccco1)N1CCC(Nc2ccc(F)cc2)CC1. The van der Waals surface area contributed by atoms with E-state index in [0.29, 0.717) is 24.9 Å². The van der Waals surface area contributed by atoms with Crippen molar-refractivity contribution < 1.29 is 13.6 Å². The van der Waals surface area contributed by atoms with Gasteiger partial charge in [0, 0.05) is 30.9 Å². The molecular weight excluding hydrogens is 295 g/mol. The molecule has 0 aliphatic carbocycles. The van der Waals surface area contributed by atoms with Crippen molar-refractivity contribution in [1.29, 1.82) is 0 Å². The van der Waals surface area contributed by atoms with Gasteiger partial charge in [-0.25, -0.2) is 4.39 Å². The van der Waals surface area contributed by atoms with E-state index >= 15 is 0 Å². The van der Waals surface area contributed by atoms with Crippen LogP contribution in [0.5, 0.6) is 0 Å². The molecule has 1 aromatic heterocycles. The number of nitrogens with zero attached hydrogens (tertiary/aromatic N) is 1. The Labute approximate surface area is 134 Å². The predicted molar refractivity (Wildman–Crippen MR) is 87.4 cm³/mol. The number of carbonyl (C=O) groups excluding carboxylic acids is 1. The maximum absolute atomic E-state index is 12.9. The van der Waals surface area contributed by atoms with Gasteiger partial charge in [0.2, 0.25) is 5.91 Å². The summed E-state index contributed by atoms with van der Waals surface area (Å²) in [4.78, 5) is 14.0. The number of carbonyl (C=O) groups is 1. The van der Waals surface area contributed by atoms with Gasteiger partial charge in [-0.1, -0.05) is 0 Å². The largest absolute Gasteiger partial charge is 0.465 e. The molecule has 120 valence electrons. The number of benzene rings is 1. The molecule has 1 fully saturated rings. The van der Waals surface area contributed by atoms with Crippen molar-refractivity contribution in [3.63, 3.8) is 0 Å². The zero-order valence-corrected chi connectivity index (χ0v) is 12.7. The summed E-state index contributed by atoms with van der Waals surface area (Å²) >= 11 is 0. The van der Waals surface area contributed by atoms with Crippen molar-refractivity contribution >= 4 is 17.7 Å². The van der Waals surface area contributed by atoms with E-state index in [0.717, 1.165) is 18.5 Å². The number of likely N-dealkylation sites (tertiary alicyclic amines) is 1. The number of hydrogen-bond donors (Lipinski definition) is 1. The number of rotatable bonds is 4. The molecule has 2 heterocycles. The second-order valence-electron chi connectivity index (χ2n) is 5.60. The van der Waals surface area contributed by atoms with Crippen LogP contribution >= 0.6 is 0 Å². The van der Waals surface area contributed by atoms with Crippen LogP contribution in [0.15, 0.2) is 53.2 Å². The molecule has 1 aromatic carbocycles. The van der Waals surface area contributed by atoms with Crippen molar-refractivity contribution in [2.75, 3.05) is 18.4 Å². The monoisotopic (exact) mass is 314 g/mol. The first-order valence-electron chi connectivity index (χ1n) is 7.73. The highest BCUT2D eigenvalue weighted by Crippen LogP contribution is 2.17. The molecule has 0 unspecified atom stereocenters. The Morgan fingerprint density at radius 2 is 1.96 bits per heavy atom. The Morgan fingerprint density at radius 3 is 2.61 bits per heavy atom. The third kappa shape index (κ3) is 4.22. The molecule has 5 heteroatoms. The summed E-state index contributed by atoms with van der Waals surface area (Å²) in [6, 6.07) is 10.3. The lowest BCUT2D eigenvalue weighted by molar-refractivity contribution is -0.126. The van der Waals surface area contributed by atoms with Gasteiger partial charge in [0.1, 0.15) is 11.6 Å². The predicted octanol–water partition coefficient (Wildman–Crippen LogP) is 3.54. The average Bonchev–Trinajstić information content (AvgIpc) is 3.09. The maximum Gasteiger partial charge on any atom is 0.246 e. The maximum atomic E-state index is 12.9. The highest BCUT2D eigenvalue weighted by atomic mass is 19.1. The fourth-order valence-electron chi connectivity index (χ4n) is 2.67. The second-order valence-corrected chi connectivity index (χ2v) is 5.60. The van der Waals surface area contributed by atoms with Crippen LogP contribution in [-0.2, 0) is 4.79 Å². The van der Waals surface area contributed by atoms with Crippen LogP contribution in [0.4, 0.5) is 10.1 Å². The Morgan fingerprint density at radius 1 is 1.22 bits per heavy atom. The summed E-state index contributed by atoms with van der Waals surface area (Å²) in [7, 11) is 0. The average molecular weight is 314 g/mol. The molecule has 0 radical (unpaired) electrons. The normalized spacial score (nSPS) is 16.0. The molecule has 0 spiro atoms. The molecule has 1 amide bonds. The van der Waals surface area contributed by atoms with Crippen LogP contribution in [0.2, 0.25) is 0 Å². The van der Waals surface area contributed by atoms with Crippen molar-refractivity contribution in [3.05, 3.63) is 60.3 Å². The summed E-state index contributed by atoms with van der Waals surface area (Å²) in [5.41, 5.74) is 0.911. The minimum Gasteiger partial charge on any atom is -0.465 e. The van der Waals surface area contributed by atoms with Crippen LogP contribution < -0.4 is 5.32 Å². The van der Waals surface area contributed by atoms with Crippen molar-refractivity contribution in [2.45, 2.75) is 18.9 Å². The number of halogens is 1. The molecular formula is C18H19FN2O2. The molecule has 3 rings (SSSR count). The van der Waals surface area contributed by atoms with Crippen LogP contribution in [-0.4, -0.2) is 29.9 Å². The fraction of sp³-hybridized carbons (Fsp3) is 0.278. The molecule has 1 N–H and O–H groups in total. The van der Waals surface area contributed by atoms with E-state index in [4.69, 9.17) is 4.42 Å². The summed E-state index contributed by atoms with van der Waals surface area (Å²) in [5, 5.41) is 3.38. The Balaban J connectivity index is 1.48. The summed E-state index contributed by atoms with van der Waals surface area (Å²) < 4.78 is 18.1. The van der Waals surface area contributed by atoms with E-state index in [9.17, 15) is 9.18 Å². The van der Waals surface area contributed by atoms with Crippen molar-refractivity contribution in [2.24, 2.45) is 0 Å². The number of anilines is 1. The summed E-state index contributed by atoms with van der Waals surface area (Å²) in [5.74, 6) is 0.437. The third-order valence-electron chi connectivity index (χ3n) is 3.96. The smallest absolute Gasteiger partial charge is 0.246 e. The number of hydrogen-bond acceptors (Lipinski definition) is 3. The first-order valence-corrected chi connectivity index (χ1v) is 7.73. The lowest BCUT2D eigenvalue weighted by atomic mass is 10.0. The highest BCUT2D eigenvalue weighted by molar-refractivity contribution is 5.91. The van der Waals surface area contributed by atoms with E-state index in [-0.39, 0.29) is 11.7 Å². The van der Waals surface area contributed by atoms with Gasteiger partial charge in [0.05, 0.1) is 6.26 Å². The fourth-order valence-corrected chi connectivity index (χ4v) is 2.67. The molecule has 0 atom stereocenters. The van der Waals surface area contributed by atoms with Gasteiger partial charge in [-0.3, -0.25) is 4.79 Å². The van der Waals surface area contributed by atoms with Gasteiger partial charge in [-0.15, -0.1) is 0 Å². The lowest BCUT2D eigenvalue weighted by Gasteiger charge is -2.32. The highest BCUT2D eigenvalue weighted by Gasteiger charge is 2.21. The Hall–Kier alpha value is -2.56. The standard InChI is InChI=1S/C18H19FN2O2/c19-14-3-5-15(6-4-14)20-16-9-11-21(12-10-16)18(22)8-7-17-2-1-13-23-17/h1-8,13,16,20H,9-12H2/b8-7-.